The summed E-state index contributed by atoms with van der Waals surface area (Å²) in [6.07, 6.45) is 1.28. The maximum Gasteiger partial charge on any atom is 0.0945 e. The lowest BCUT2D eigenvalue weighted by atomic mass is 10.2. The molecule has 6 nitrogen and oxygen atoms in total. The van der Waals surface area contributed by atoms with Gasteiger partial charge in [-0.25, -0.2) is 8.42 Å². The van der Waals surface area contributed by atoms with Gasteiger partial charge in [-0.15, -0.1) is 0 Å². The van der Waals surface area contributed by atoms with Crippen LogP contribution in [0, 0.1) is 0 Å². The van der Waals surface area contributed by atoms with Crippen molar-refractivity contribution in [3.63, 3.8) is 0 Å². The van der Waals surface area contributed by atoms with Crippen LogP contribution in [0.5, 0.6) is 0 Å². The molecule has 1 heterocycles. The molecule has 0 spiro atoms. The Bertz CT molecular complexity index is 386. The standard InChI is InChI=1S/C9H20N2O3S.C8H20N/c1-10-5-7-11(8-6-10)4-2-3-9-15(12,13)14;1-5-9(6-2,7-3)8-4/h2-9H2,1H3,(H,12,13,14);5-8H2,1-4H3/q;+1/p-1. The van der Waals surface area contributed by atoms with Crippen LogP contribution in [-0.4, -0.2) is 99.0 Å². The zero-order valence-electron chi connectivity index (χ0n) is 16.5. The van der Waals surface area contributed by atoms with Crippen LogP contribution in [0.25, 0.3) is 0 Å². The van der Waals surface area contributed by atoms with Crippen LogP contribution in [0.2, 0.25) is 0 Å². The zero-order chi connectivity index (χ0) is 18.6. The molecule has 146 valence electrons. The van der Waals surface area contributed by atoms with Crippen LogP contribution in [0.15, 0.2) is 0 Å². The Morgan fingerprint density at radius 3 is 1.67 bits per heavy atom. The lowest BCUT2D eigenvalue weighted by molar-refractivity contribution is -0.921. The first-order valence-corrected chi connectivity index (χ1v) is 11.0. The Balaban J connectivity index is 0.000000506. The Kier molecular flexibility index (Phi) is 12.1. The number of quaternary nitrogens is 1. The number of likely N-dealkylation sites (N-methyl/N-ethyl adjacent to an activating group) is 1. The molecule has 1 fully saturated rings. The van der Waals surface area contributed by atoms with Gasteiger partial charge in [0.1, 0.15) is 0 Å². The summed E-state index contributed by atoms with van der Waals surface area (Å²) >= 11 is 0. The van der Waals surface area contributed by atoms with E-state index in [-0.39, 0.29) is 5.75 Å². The Morgan fingerprint density at radius 2 is 1.33 bits per heavy atom. The second-order valence-electron chi connectivity index (χ2n) is 6.72. The molecule has 0 bridgehead atoms. The van der Waals surface area contributed by atoms with Crippen molar-refractivity contribution >= 4 is 10.1 Å². The van der Waals surface area contributed by atoms with Crippen molar-refractivity contribution in [2.24, 2.45) is 0 Å². The molecule has 1 aliphatic heterocycles. The highest BCUT2D eigenvalue weighted by Gasteiger charge is 2.16. The minimum absolute atomic E-state index is 0.221. The zero-order valence-corrected chi connectivity index (χ0v) is 17.3. The van der Waals surface area contributed by atoms with Crippen LogP contribution < -0.4 is 0 Å². The van der Waals surface area contributed by atoms with Crippen LogP contribution in [0.1, 0.15) is 40.5 Å². The molecular formula is C17H39N3O3S. The number of hydrogen-bond acceptors (Lipinski definition) is 5. The van der Waals surface area contributed by atoms with Crippen LogP contribution in [-0.2, 0) is 10.1 Å². The first kappa shape index (κ1) is 23.8. The topological polar surface area (TPSA) is 63.7 Å². The third kappa shape index (κ3) is 10.6. The van der Waals surface area contributed by atoms with E-state index in [1.54, 1.807) is 0 Å². The van der Waals surface area contributed by atoms with Gasteiger partial charge in [0, 0.05) is 31.9 Å². The maximum absolute atomic E-state index is 10.3. The molecule has 24 heavy (non-hydrogen) atoms. The average molecular weight is 366 g/mol. The van der Waals surface area contributed by atoms with Crippen LogP contribution >= 0.6 is 0 Å². The number of piperazine rings is 1. The maximum atomic E-state index is 10.3. The van der Waals surface area contributed by atoms with Crippen molar-refractivity contribution in [2.75, 3.05) is 71.7 Å². The molecule has 0 aliphatic carbocycles. The van der Waals surface area contributed by atoms with Crippen LogP contribution in [0.3, 0.4) is 0 Å². The summed E-state index contributed by atoms with van der Waals surface area (Å²) in [5, 5.41) is 0. The molecule has 0 saturated carbocycles. The van der Waals surface area contributed by atoms with E-state index in [1.165, 1.54) is 30.7 Å². The Morgan fingerprint density at radius 1 is 0.875 bits per heavy atom. The van der Waals surface area contributed by atoms with E-state index in [4.69, 9.17) is 0 Å². The van der Waals surface area contributed by atoms with Gasteiger partial charge in [-0.2, -0.15) is 0 Å². The highest BCUT2D eigenvalue weighted by Crippen LogP contribution is 2.03. The first-order chi connectivity index (χ1) is 11.2. The molecule has 0 N–H and O–H groups in total. The largest absolute Gasteiger partial charge is 0.748 e. The normalized spacial score (nSPS) is 17.4. The van der Waals surface area contributed by atoms with Crippen molar-refractivity contribution in [2.45, 2.75) is 40.5 Å². The molecule has 0 radical (unpaired) electrons. The first-order valence-electron chi connectivity index (χ1n) is 9.41. The third-order valence-electron chi connectivity index (χ3n) is 5.40. The predicted octanol–water partition coefficient (Wildman–Crippen LogP) is 1.44. The van der Waals surface area contributed by atoms with E-state index in [1.807, 2.05) is 0 Å². The number of nitrogens with zero attached hydrogens (tertiary/aromatic N) is 3. The van der Waals surface area contributed by atoms with Gasteiger partial charge in [-0.3, -0.25) is 0 Å². The van der Waals surface area contributed by atoms with E-state index in [0.29, 0.717) is 6.42 Å². The molecule has 0 aromatic heterocycles. The van der Waals surface area contributed by atoms with Crippen molar-refractivity contribution in [3.8, 4) is 0 Å². The lowest BCUT2D eigenvalue weighted by Crippen LogP contribution is -2.47. The fourth-order valence-corrected chi connectivity index (χ4v) is 3.59. The summed E-state index contributed by atoms with van der Waals surface area (Å²) < 4.78 is 32.3. The summed E-state index contributed by atoms with van der Waals surface area (Å²) in [7, 11) is -1.91. The van der Waals surface area contributed by atoms with Gasteiger partial charge in [-0.1, -0.05) is 0 Å². The number of unbranched alkanes of at least 4 members (excludes halogenated alkanes) is 1. The molecule has 1 aliphatic rings. The smallest absolute Gasteiger partial charge is 0.0945 e. The van der Waals surface area contributed by atoms with Crippen molar-refractivity contribution in [1.82, 2.24) is 9.80 Å². The second-order valence-corrected chi connectivity index (χ2v) is 8.24. The fraction of sp³-hybridized carbons (Fsp3) is 1.00. The highest BCUT2D eigenvalue weighted by atomic mass is 32.2. The summed E-state index contributed by atoms with van der Waals surface area (Å²) in [6, 6.07) is 0. The SMILES string of the molecule is CC[N+](CC)(CC)CC.CN1CCN(CCCCS(=O)(=O)[O-])CC1. The molecule has 0 amide bonds. The second kappa shape index (κ2) is 12.2. The minimum atomic E-state index is -4.01. The van der Waals surface area contributed by atoms with Gasteiger partial charge in [0.05, 0.1) is 36.3 Å². The quantitative estimate of drug-likeness (QED) is 0.351. The summed E-state index contributed by atoms with van der Waals surface area (Å²) in [5.74, 6) is -0.221. The molecule has 7 heteroatoms. The molecule has 0 atom stereocenters. The molecule has 1 saturated heterocycles. The van der Waals surface area contributed by atoms with E-state index < -0.39 is 10.1 Å². The average Bonchev–Trinajstić information content (AvgIpc) is 2.56. The molecule has 0 aromatic rings. The van der Waals surface area contributed by atoms with E-state index in [0.717, 1.165) is 39.1 Å². The molecule has 1 rings (SSSR count). The summed E-state index contributed by atoms with van der Waals surface area (Å²) in [6.45, 7) is 19.4. The third-order valence-corrected chi connectivity index (χ3v) is 6.19. The van der Waals surface area contributed by atoms with Gasteiger partial charge in [0.15, 0.2) is 0 Å². The monoisotopic (exact) mass is 365 g/mol. The van der Waals surface area contributed by atoms with Crippen molar-refractivity contribution in [1.29, 1.82) is 0 Å². The van der Waals surface area contributed by atoms with Crippen molar-refractivity contribution < 1.29 is 17.5 Å². The summed E-state index contributed by atoms with van der Waals surface area (Å²) in [5.41, 5.74) is 0. The number of rotatable bonds is 9. The number of hydrogen-bond donors (Lipinski definition) is 0. The predicted molar refractivity (Wildman–Crippen MR) is 100 cm³/mol. The minimum Gasteiger partial charge on any atom is -0.748 e. The van der Waals surface area contributed by atoms with Crippen molar-refractivity contribution in [3.05, 3.63) is 0 Å². The van der Waals surface area contributed by atoms with E-state index in [9.17, 15) is 13.0 Å². The van der Waals surface area contributed by atoms with Gasteiger partial charge >= 0.3 is 0 Å². The van der Waals surface area contributed by atoms with Gasteiger partial charge in [0.2, 0.25) is 0 Å². The van der Waals surface area contributed by atoms with Gasteiger partial charge in [-0.05, 0) is 54.1 Å². The lowest BCUT2D eigenvalue weighted by Gasteiger charge is -2.34. The van der Waals surface area contributed by atoms with E-state index >= 15 is 0 Å². The molecule has 0 unspecified atom stereocenters. The summed E-state index contributed by atoms with van der Waals surface area (Å²) in [4.78, 5) is 4.59. The Hall–Kier alpha value is -0.210. The van der Waals surface area contributed by atoms with E-state index in [2.05, 4.69) is 44.5 Å². The van der Waals surface area contributed by atoms with Crippen LogP contribution in [0.4, 0.5) is 0 Å². The highest BCUT2D eigenvalue weighted by molar-refractivity contribution is 7.85. The van der Waals surface area contributed by atoms with Gasteiger partial charge in [0.25, 0.3) is 0 Å². The molecule has 0 aromatic carbocycles. The fourth-order valence-electron chi connectivity index (χ4n) is 3.03. The van der Waals surface area contributed by atoms with Gasteiger partial charge < -0.3 is 18.8 Å². The Labute approximate surface area is 150 Å². The molecular weight excluding hydrogens is 326 g/mol.